The predicted octanol–water partition coefficient (Wildman–Crippen LogP) is 1.50. The largest absolute Gasteiger partial charge is 0.399 e. The number of benzene rings is 1. The van der Waals surface area contributed by atoms with Crippen LogP contribution in [0.15, 0.2) is 23.1 Å². The van der Waals surface area contributed by atoms with Gasteiger partial charge in [0.05, 0.1) is 11.5 Å². The highest BCUT2D eigenvalue weighted by Crippen LogP contribution is 2.29. The van der Waals surface area contributed by atoms with Crippen molar-refractivity contribution in [3.05, 3.63) is 23.8 Å². The Labute approximate surface area is 120 Å². The van der Waals surface area contributed by atoms with Gasteiger partial charge in [-0.2, -0.15) is 4.31 Å². The Balaban J connectivity index is 2.36. The van der Waals surface area contributed by atoms with Gasteiger partial charge in [0.2, 0.25) is 10.0 Å². The molecule has 0 heterocycles. The highest BCUT2D eigenvalue weighted by molar-refractivity contribution is 7.89. The first-order valence-electron chi connectivity index (χ1n) is 6.95. The second kappa shape index (κ2) is 6.11. The minimum atomic E-state index is -3.57. The Morgan fingerprint density at radius 1 is 1.35 bits per heavy atom. The monoisotopic (exact) mass is 298 g/mol. The van der Waals surface area contributed by atoms with Gasteiger partial charge in [-0.3, -0.25) is 0 Å². The van der Waals surface area contributed by atoms with Crippen molar-refractivity contribution in [1.29, 1.82) is 0 Å². The van der Waals surface area contributed by atoms with E-state index in [4.69, 9.17) is 5.73 Å². The molecule has 3 N–H and O–H groups in total. The van der Waals surface area contributed by atoms with Crippen molar-refractivity contribution in [1.82, 2.24) is 4.31 Å². The lowest BCUT2D eigenvalue weighted by Gasteiger charge is -2.27. The molecule has 0 radical (unpaired) electrons. The summed E-state index contributed by atoms with van der Waals surface area (Å²) in [6.07, 6.45) is 3.83. The maximum atomic E-state index is 12.7. The van der Waals surface area contributed by atoms with Crippen molar-refractivity contribution in [2.45, 2.75) is 43.5 Å². The maximum absolute atomic E-state index is 12.7. The van der Waals surface area contributed by atoms with Gasteiger partial charge in [-0.1, -0.05) is 12.8 Å². The Morgan fingerprint density at radius 2 is 2.00 bits per heavy atom. The molecule has 112 valence electrons. The molecule has 0 spiro atoms. The van der Waals surface area contributed by atoms with Crippen molar-refractivity contribution in [3.8, 4) is 0 Å². The minimum absolute atomic E-state index is 0.00464. The lowest BCUT2D eigenvalue weighted by atomic mass is 10.2. The van der Waals surface area contributed by atoms with Gasteiger partial charge in [-0.25, -0.2) is 8.42 Å². The van der Waals surface area contributed by atoms with E-state index in [1.807, 2.05) is 0 Å². The van der Waals surface area contributed by atoms with Crippen LogP contribution in [-0.2, 0) is 10.0 Å². The van der Waals surface area contributed by atoms with E-state index in [0.29, 0.717) is 5.69 Å². The van der Waals surface area contributed by atoms with Gasteiger partial charge in [0, 0.05) is 18.3 Å². The number of sulfonamides is 1. The van der Waals surface area contributed by atoms with Gasteiger partial charge in [0.1, 0.15) is 0 Å². The number of nitrogens with two attached hydrogens (primary N) is 1. The van der Waals surface area contributed by atoms with Crippen LogP contribution in [0.3, 0.4) is 0 Å². The fourth-order valence-corrected chi connectivity index (χ4v) is 4.50. The lowest BCUT2D eigenvalue weighted by Crippen LogP contribution is -2.40. The van der Waals surface area contributed by atoms with E-state index >= 15 is 0 Å². The van der Waals surface area contributed by atoms with Gasteiger partial charge in [-0.05, 0) is 43.5 Å². The number of nitrogen functional groups attached to an aromatic ring is 1. The van der Waals surface area contributed by atoms with E-state index < -0.39 is 10.0 Å². The SMILES string of the molecule is Cc1cc(S(=O)(=O)N(CCO)C2CCCC2)ccc1N. The van der Waals surface area contributed by atoms with Crippen molar-refractivity contribution in [2.24, 2.45) is 0 Å². The molecule has 6 heteroatoms. The average Bonchev–Trinajstić information content (AvgIpc) is 2.92. The number of rotatable bonds is 5. The normalized spacial score (nSPS) is 16.9. The maximum Gasteiger partial charge on any atom is 0.243 e. The molecule has 0 aliphatic heterocycles. The van der Waals surface area contributed by atoms with Gasteiger partial charge in [-0.15, -0.1) is 0 Å². The van der Waals surface area contributed by atoms with Crippen LogP contribution >= 0.6 is 0 Å². The molecule has 1 aliphatic carbocycles. The van der Waals surface area contributed by atoms with Crippen molar-refractivity contribution in [3.63, 3.8) is 0 Å². The second-order valence-corrected chi connectivity index (χ2v) is 7.19. The third kappa shape index (κ3) is 2.97. The topological polar surface area (TPSA) is 83.6 Å². The van der Waals surface area contributed by atoms with Gasteiger partial charge >= 0.3 is 0 Å². The minimum Gasteiger partial charge on any atom is -0.399 e. The molecule has 0 atom stereocenters. The van der Waals surface area contributed by atoms with Crippen LogP contribution in [0.4, 0.5) is 5.69 Å². The zero-order valence-corrected chi connectivity index (χ0v) is 12.6. The summed E-state index contributed by atoms with van der Waals surface area (Å²) in [7, 11) is -3.57. The Bertz CT molecular complexity index is 566. The molecule has 1 saturated carbocycles. The molecule has 1 aromatic carbocycles. The molecule has 0 amide bonds. The highest BCUT2D eigenvalue weighted by atomic mass is 32.2. The molecule has 1 aromatic rings. The molecule has 1 fully saturated rings. The Morgan fingerprint density at radius 3 is 2.55 bits per heavy atom. The van der Waals surface area contributed by atoms with Gasteiger partial charge < -0.3 is 10.8 Å². The second-order valence-electron chi connectivity index (χ2n) is 5.30. The summed E-state index contributed by atoms with van der Waals surface area (Å²) < 4.78 is 26.9. The van der Waals surface area contributed by atoms with Crippen LogP contribution in [0.25, 0.3) is 0 Å². The molecule has 2 rings (SSSR count). The quantitative estimate of drug-likeness (QED) is 0.807. The first-order chi connectivity index (χ1) is 9.46. The van der Waals surface area contributed by atoms with Crippen LogP contribution < -0.4 is 5.73 Å². The number of aryl methyl sites for hydroxylation is 1. The van der Waals surface area contributed by atoms with E-state index in [9.17, 15) is 13.5 Å². The fraction of sp³-hybridized carbons (Fsp3) is 0.571. The number of hydrogen-bond acceptors (Lipinski definition) is 4. The van der Waals surface area contributed by atoms with E-state index in [0.717, 1.165) is 31.2 Å². The highest BCUT2D eigenvalue weighted by Gasteiger charge is 2.32. The molecule has 20 heavy (non-hydrogen) atoms. The molecule has 0 bridgehead atoms. The zero-order valence-electron chi connectivity index (χ0n) is 11.7. The lowest BCUT2D eigenvalue weighted by molar-refractivity contribution is 0.226. The van der Waals surface area contributed by atoms with Crippen LogP contribution in [0, 0.1) is 6.92 Å². The molecule has 0 aromatic heterocycles. The summed E-state index contributed by atoms with van der Waals surface area (Å²) in [5, 5.41) is 9.18. The van der Waals surface area contributed by atoms with E-state index in [1.54, 1.807) is 19.1 Å². The average molecular weight is 298 g/mol. The van der Waals surface area contributed by atoms with Crippen molar-refractivity contribution < 1.29 is 13.5 Å². The van der Waals surface area contributed by atoms with Crippen molar-refractivity contribution in [2.75, 3.05) is 18.9 Å². The molecular weight excluding hydrogens is 276 g/mol. The summed E-state index contributed by atoms with van der Waals surface area (Å²) in [4.78, 5) is 0.254. The summed E-state index contributed by atoms with van der Waals surface area (Å²) in [6.45, 7) is 1.78. The van der Waals surface area contributed by atoms with E-state index in [1.165, 1.54) is 10.4 Å². The molecule has 1 aliphatic rings. The molecule has 0 saturated heterocycles. The Kier molecular flexibility index (Phi) is 4.67. The smallest absolute Gasteiger partial charge is 0.243 e. The number of nitrogens with zero attached hydrogens (tertiary/aromatic N) is 1. The first kappa shape index (κ1) is 15.3. The molecule has 5 nitrogen and oxygen atoms in total. The third-order valence-corrected chi connectivity index (χ3v) is 5.85. The molecular formula is C14H22N2O3S. The van der Waals surface area contributed by atoms with Crippen LogP contribution in [-0.4, -0.2) is 37.0 Å². The van der Waals surface area contributed by atoms with Crippen molar-refractivity contribution >= 4 is 15.7 Å². The zero-order chi connectivity index (χ0) is 14.8. The number of aliphatic hydroxyl groups is 1. The van der Waals surface area contributed by atoms with Crippen LogP contribution in [0.1, 0.15) is 31.2 Å². The number of anilines is 1. The number of aliphatic hydroxyl groups excluding tert-OH is 1. The first-order valence-corrected chi connectivity index (χ1v) is 8.39. The summed E-state index contributed by atoms with van der Waals surface area (Å²) in [5.41, 5.74) is 7.07. The van der Waals surface area contributed by atoms with Crippen LogP contribution in [0.2, 0.25) is 0 Å². The Hall–Kier alpha value is -1.11. The van der Waals surface area contributed by atoms with E-state index in [2.05, 4.69) is 0 Å². The van der Waals surface area contributed by atoms with Gasteiger partial charge in [0.25, 0.3) is 0 Å². The number of hydrogen-bond donors (Lipinski definition) is 2. The summed E-state index contributed by atoms with van der Waals surface area (Å²) in [5.74, 6) is 0. The standard InChI is InChI=1S/C14H22N2O3S/c1-11-10-13(6-7-14(11)15)20(18,19)16(8-9-17)12-4-2-3-5-12/h6-7,10,12,17H,2-5,8-9,15H2,1H3. The molecule has 0 unspecified atom stereocenters. The van der Waals surface area contributed by atoms with Gasteiger partial charge in [0.15, 0.2) is 0 Å². The van der Waals surface area contributed by atoms with Crippen LogP contribution in [0.5, 0.6) is 0 Å². The predicted molar refractivity (Wildman–Crippen MR) is 78.8 cm³/mol. The summed E-state index contributed by atoms with van der Waals surface area (Å²) >= 11 is 0. The van der Waals surface area contributed by atoms with E-state index in [-0.39, 0.29) is 24.1 Å². The third-order valence-electron chi connectivity index (χ3n) is 3.90. The fourth-order valence-electron chi connectivity index (χ4n) is 2.73. The summed E-state index contributed by atoms with van der Waals surface area (Å²) in [6, 6.07) is 4.76.